The minimum atomic E-state index is -1.19. The molecule has 0 spiro atoms. The molecule has 2 fully saturated rings. The minimum Gasteiger partial charge on any atom is -0.394 e. The first kappa shape index (κ1) is 33.7. The van der Waals surface area contributed by atoms with Crippen LogP contribution in [0.15, 0.2) is 37.4 Å². The fraction of sp³-hybridized carbons (Fsp3) is 0.645. The first-order valence-corrected chi connectivity index (χ1v) is 15.5. The Morgan fingerprint density at radius 3 is 2.57 bits per heavy atom. The van der Waals surface area contributed by atoms with Crippen LogP contribution in [0.4, 0.5) is 5.82 Å². The van der Waals surface area contributed by atoms with Crippen LogP contribution < -0.4 is 10.6 Å². The van der Waals surface area contributed by atoms with Gasteiger partial charge in [0.15, 0.2) is 11.9 Å². The summed E-state index contributed by atoms with van der Waals surface area (Å²) in [5.41, 5.74) is 1.42. The number of fused-ring (bicyclic) bond motifs is 1. The Bertz CT molecular complexity index is 1280. The molecule has 2 aromatic heterocycles. The first-order chi connectivity index (χ1) is 21.1. The van der Waals surface area contributed by atoms with E-state index in [2.05, 4.69) is 38.7 Å². The second-order valence-electron chi connectivity index (χ2n) is 11.8. The zero-order chi connectivity index (χ0) is 32.0. The predicted octanol–water partition coefficient (Wildman–Crippen LogP) is 1.58. The Hall–Kier alpha value is -3.23. The van der Waals surface area contributed by atoms with Gasteiger partial charge in [-0.1, -0.05) is 27.0 Å². The number of aliphatic hydroxyl groups excluding tert-OH is 3. The summed E-state index contributed by atoms with van der Waals surface area (Å²) in [6.07, 6.45) is 1.60. The monoisotopic (exact) mass is 615 g/mol. The Morgan fingerprint density at radius 1 is 1.23 bits per heavy atom. The maximum atomic E-state index is 13.7. The topological polar surface area (TPSA) is 157 Å². The van der Waals surface area contributed by atoms with Gasteiger partial charge in [0.25, 0.3) is 5.91 Å². The van der Waals surface area contributed by atoms with E-state index in [1.54, 1.807) is 6.92 Å². The highest BCUT2D eigenvalue weighted by molar-refractivity contribution is 5.89. The second kappa shape index (κ2) is 15.2. The van der Waals surface area contributed by atoms with E-state index in [0.29, 0.717) is 57.6 Å². The Morgan fingerprint density at radius 2 is 1.93 bits per heavy atom. The van der Waals surface area contributed by atoms with Crippen molar-refractivity contribution in [3.05, 3.63) is 37.4 Å². The van der Waals surface area contributed by atoms with Crippen LogP contribution in [0.1, 0.15) is 46.5 Å². The van der Waals surface area contributed by atoms with E-state index < -0.39 is 36.7 Å². The average molecular weight is 616 g/mol. The standard InChI is InChI=1S/C31H49N7O6/c1-7-22(17-39)43-31(42)24(35-19(2)3)8-9-26-25(40)16-20(4)27(44-26)30(41)37-14-12-36(13-15-37)21(5)38-11-10-23-28(32-6)33-18-34-29(23)38/h10-11,18,20,22,24-27,31,35,39-40,42H,2,5,7-9,12-17H2,1,3-4,6H3,(H,32,33,34). The van der Waals surface area contributed by atoms with Crippen molar-refractivity contribution in [1.29, 1.82) is 0 Å². The number of carbonyl (C=O) groups excluding carboxylic acids is 1. The normalized spacial score (nSPS) is 24.5. The zero-order valence-corrected chi connectivity index (χ0v) is 26.4. The van der Waals surface area contributed by atoms with E-state index in [1.807, 2.05) is 42.6 Å². The summed E-state index contributed by atoms with van der Waals surface area (Å²) in [6.45, 7) is 15.8. The number of anilines is 1. The number of amides is 1. The van der Waals surface area contributed by atoms with Gasteiger partial charge in [-0.2, -0.15) is 0 Å². The van der Waals surface area contributed by atoms with Gasteiger partial charge in [0.1, 0.15) is 24.1 Å². The number of rotatable bonds is 14. The number of carbonyl (C=O) groups is 1. The van der Waals surface area contributed by atoms with E-state index in [9.17, 15) is 20.1 Å². The molecule has 1 amide bonds. The molecule has 2 aromatic rings. The van der Waals surface area contributed by atoms with Gasteiger partial charge in [-0.05, 0) is 44.6 Å². The SMILES string of the molecule is C=C(C)NC(CCC1OC(C(=O)N2CCN(C(=C)n3ccc4c(NC)ncnc43)CC2)C(C)CC1O)C(O)OC(CC)CO. The molecule has 4 rings (SSSR count). The molecule has 0 aromatic carbocycles. The van der Waals surface area contributed by atoms with Crippen molar-refractivity contribution in [2.75, 3.05) is 45.2 Å². The third-order valence-corrected chi connectivity index (χ3v) is 8.61. The smallest absolute Gasteiger partial charge is 0.252 e. The van der Waals surface area contributed by atoms with E-state index in [4.69, 9.17) is 9.47 Å². The predicted molar refractivity (Wildman–Crippen MR) is 168 cm³/mol. The van der Waals surface area contributed by atoms with Gasteiger partial charge in [-0.15, -0.1) is 0 Å². The average Bonchev–Trinajstić information content (AvgIpc) is 3.46. The van der Waals surface area contributed by atoms with Gasteiger partial charge in [0, 0.05) is 45.1 Å². The highest BCUT2D eigenvalue weighted by atomic mass is 16.6. The summed E-state index contributed by atoms with van der Waals surface area (Å²) >= 11 is 0. The summed E-state index contributed by atoms with van der Waals surface area (Å²) in [4.78, 5) is 26.4. The Kier molecular flexibility index (Phi) is 11.6. The summed E-state index contributed by atoms with van der Waals surface area (Å²) in [5, 5.41) is 38.2. The van der Waals surface area contributed by atoms with E-state index in [1.165, 1.54) is 6.33 Å². The van der Waals surface area contributed by atoms with Crippen molar-refractivity contribution in [2.24, 2.45) is 5.92 Å². The van der Waals surface area contributed by atoms with Crippen LogP contribution in [0.25, 0.3) is 16.9 Å². The van der Waals surface area contributed by atoms with Crippen LogP contribution in [-0.2, 0) is 14.3 Å². The molecular weight excluding hydrogens is 566 g/mol. The number of aliphatic hydroxyl groups is 3. The van der Waals surface area contributed by atoms with Crippen molar-refractivity contribution in [3.63, 3.8) is 0 Å². The number of piperazine rings is 1. The van der Waals surface area contributed by atoms with Gasteiger partial charge < -0.3 is 45.2 Å². The third kappa shape index (κ3) is 7.70. The van der Waals surface area contributed by atoms with Crippen LogP contribution in [0.3, 0.4) is 0 Å². The molecule has 13 heteroatoms. The molecule has 2 aliphatic rings. The quantitative estimate of drug-likeness (QED) is 0.197. The van der Waals surface area contributed by atoms with Crippen LogP contribution in [-0.4, -0.2) is 122 Å². The minimum absolute atomic E-state index is 0.0776. The van der Waals surface area contributed by atoms with Crippen molar-refractivity contribution >= 4 is 28.6 Å². The van der Waals surface area contributed by atoms with Gasteiger partial charge in [0.05, 0.1) is 36.3 Å². The fourth-order valence-corrected chi connectivity index (χ4v) is 6.01. The summed E-state index contributed by atoms with van der Waals surface area (Å²) in [5.74, 6) is 1.31. The van der Waals surface area contributed by atoms with Gasteiger partial charge >= 0.3 is 0 Å². The highest BCUT2D eigenvalue weighted by Gasteiger charge is 2.41. The molecule has 0 radical (unpaired) electrons. The number of hydrogen-bond donors (Lipinski definition) is 5. The molecular formula is C31H49N7O6. The molecule has 44 heavy (non-hydrogen) atoms. The first-order valence-electron chi connectivity index (χ1n) is 15.5. The number of nitrogens with one attached hydrogen (secondary N) is 2. The van der Waals surface area contributed by atoms with Crippen LogP contribution in [0.5, 0.6) is 0 Å². The lowest BCUT2D eigenvalue weighted by atomic mass is 9.88. The molecule has 13 nitrogen and oxygen atoms in total. The van der Waals surface area contributed by atoms with E-state index >= 15 is 0 Å². The molecule has 0 aliphatic carbocycles. The van der Waals surface area contributed by atoms with Crippen LogP contribution >= 0.6 is 0 Å². The highest BCUT2D eigenvalue weighted by Crippen LogP contribution is 2.30. The number of ether oxygens (including phenoxy) is 2. The Labute approximate surface area is 259 Å². The number of allylic oxidation sites excluding steroid dienone is 1. The Balaban J connectivity index is 1.34. The molecule has 5 N–H and O–H groups in total. The van der Waals surface area contributed by atoms with Crippen LogP contribution in [0, 0.1) is 5.92 Å². The molecule has 7 unspecified atom stereocenters. The van der Waals surface area contributed by atoms with Gasteiger partial charge in [-0.3, -0.25) is 9.36 Å². The van der Waals surface area contributed by atoms with E-state index in [-0.39, 0.29) is 18.4 Å². The van der Waals surface area contributed by atoms with Crippen molar-refractivity contribution < 1.29 is 29.6 Å². The molecule has 7 atom stereocenters. The van der Waals surface area contributed by atoms with Gasteiger partial charge in [-0.25, -0.2) is 9.97 Å². The molecule has 2 saturated heterocycles. The summed E-state index contributed by atoms with van der Waals surface area (Å²) < 4.78 is 13.9. The number of hydrogen-bond acceptors (Lipinski definition) is 11. The molecule has 2 aliphatic heterocycles. The lowest BCUT2D eigenvalue weighted by Crippen LogP contribution is -2.56. The van der Waals surface area contributed by atoms with Crippen molar-refractivity contribution in [2.45, 2.75) is 83.2 Å². The summed E-state index contributed by atoms with van der Waals surface area (Å²) in [6, 6.07) is 1.44. The maximum Gasteiger partial charge on any atom is 0.252 e. The molecule has 0 bridgehead atoms. The number of nitrogens with zero attached hydrogens (tertiary/aromatic N) is 5. The van der Waals surface area contributed by atoms with Gasteiger partial charge in [0.2, 0.25) is 0 Å². The lowest BCUT2D eigenvalue weighted by molar-refractivity contribution is -0.180. The fourth-order valence-electron chi connectivity index (χ4n) is 6.01. The lowest BCUT2D eigenvalue weighted by Gasteiger charge is -2.42. The number of aromatic nitrogens is 3. The van der Waals surface area contributed by atoms with Crippen molar-refractivity contribution in [1.82, 2.24) is 29.7 Å². The maximum absolute atomic E-state index is 13.7. The molecule has 0 saturated carbocycles. The summed E-state index contributed by atoms with van der Waals surface area (Å²) in [7, 11) is 1.82. The third-order valence-electron chi connectivity index (χ3n) is 8.61. The molecule has 4 heterocycles. The molecule has 244 valence electrons. The largest absolute Gasteiger partial charge is 0.394 e. The van der Waals surface area contributed by atoms with Crippen molar-refractivity contribution in [3.8, 4) is 0 Å². The van der Waals surface area contributed by atoms with E-state index in [0.717, 1.165) is 22.7 Å². The van der Waals surface area contributed by atoms with Crippen LogP contribution in [0.2, 0.25) is 0 Å². The zero-order valence-electron chi connectivity index (χ0n) is 26.4. The second-order valence-corrected chi connectivity index (χ2v) is 11.8.